The monoisotopic (exact) mass is 154 g/mol. The van der Waals surface area contributed by atoms with Gasteiger partial charge in [0, 0.05) is 0 Å². The number of epoxide rings is 1. The third-order valence-electron chi connectivity index (χ3n) is 4.32. The zero-order chi connectivity index (χ0) is 8.28. The quantitative estimate of drug-likeness (QED) is 0.489. The van der Waals surface area contributed by atoms with Crippen LogP contribution in [0, 0.1) is 11.3 Å². The fraction of sp³-hybridized carbons (Fsp3) is 1.00. The first-order valence-corrected chi connectivity index (χ1v) is 4.66. The van der Waals surface area contributed by atoms with Crippen molar-refractivity contribution in [2.45, 2.75) is 52.2 Å². The van der Waals surface area contributed by atoms with Crippen molar-refractivity contribution in [2.24, 2.45) is 11.3 Å². The first kappa shape index (κ1) is 7.60. The highest BCUT2D eigenvalue weighted by Crippen LogP contribution is 2.59. The highest BCUT2D eigenvalue weighted by Gasteiger charge is 2.65. The van der Waals surface area contributed by atoms with E-state index in [1.807, 2.05) is 0 Å². The lowest BCUT2D eigenvalue weighted by Gasteiger charge is -2.39. The smallest absolute Gasteiger partial charge is 0.0973 e. The number of hydrogen-bond acceptors (Lipinski definition) is 1. The summed E-state index contributed by atoms with van der Waals surface area (Å²) in [5.74, 6) is 0.811. The maximum Gasteiger partial charge on any atom is 0.0973 e. The largest absolute Gasteiger partial charge is 0.366 e. The molecule has 1 nitrogen and oxygen atoms in total. The van der Waals surface area contributed by atoms with Gasteiger partial charge < -0.3 is 4.74 Å². The predicted molar refractivity (Wildman–Crippen MR) is 45.5 cm³/mol. The molecule has 1 saturated carbocycles. The summed E-state index contributed by atoms with van der Waals surface area (Å²) in [5.41, 5.74) is 0.598. The minimum absolute atomic E-state index is 0.213. The summed E-state index contributed by atoms with van der Waals surface area (Å²) in [6.45, 7) is 9.31. The van der Waals surface area contributed by atoms with Crippen molar-refractivity contribution >= 4 is 0 Å². The molecule has 0 spiro atoms. The van der Waals surface area contributed by atoms with Crippen molar-refractivity contribution in [3.05, 3.63) is 0 Å². The number of rotatable bonds is 0. The molecule has 11 heavy (non-hydrogen) atoms. The summed E-state index contributed by atoms with van der Waals surface area (Å²) >= 11 is 0. The molecule has 0 radical (unpaired) electrons. The molecule has 2 rings (SSSR count). The van der Waals surface area contributed by atoms with Crippen LogP contribution in [0.3, 0.4) is 0 Å². The molecular formula is C10H18O. The number of hydrogen-bond donors (Lipinski definition) is 0. The highest BCUT2D eigenvalue weighted by atomic mass is 16.6. The van der Waals surface area contributed by atoms with Crippen LogP contribution in [-0.2, 0) is 4.74 Å². The summed E-state index contributed by atoms with van der Waals surface area (Å²) in [6.07, 6.45) is 3.20. The topological polar surface area (TPSA) is 12.5 Å². The van der Waals surface area contributed by atoms with Crippen LogP contribution in [-0.4, -0.2) is 11.7 Å². The Morgan fingerprint density at radius 1 is 1.18 bits per heavy atom. The minimum atomic E-state index is 0.213. The standard InChI is InChI=1S/C10H18O/c1-7-5-6-8-10(4,11-8)9(7,2)3/h7-8H,5-6H2,1-4H3. The molecular weight excluding hydrogens is 136 g/mol. The van der Waals surface area contributed by atoms with Gasteiger partial charge in [-0.15, -0.1) is 0 Å². The molecule has 0 bridgehead atoms. The molecule has 1 heterocycles. The summed E-state index contributed by atoms with van der Waals surface area (Å²) in [6, 6.07) is 0. The third-order valence-corrected chi connectivity index (χ3v) is 4.32. The maximum absolute atomic E-state index is 5.75. The normalized spacial score (nSPS) is 53.5. The van der Waals surface area contributed by atoms with Crippen LogP contribution >= 0.6 is 0 Å². The molecule has 2 fully saturated rings. The first-order chi connectivity index (χ1) is 4.98. The fourth-order valence-electron chi connectivity index (χ4n) is 2.41. The molecule has 3 atom stereocenters. The Bertz CT molecular complexity index is 185. The molecule has 1 aliphatic heterocycles. The van der Waals surface area contributed by atoms with E-state index in [2.05, 4.69) is 27.7 Å². The van der Waals surface area contributed by atoms with Crippen LogP contribution in [0.4, 0.5) is 0 Å². The highest BCUT2D eigenvalue weighted by molar-refractivity contribution is 5.12. The Morgan fingerprint density at radius 3 is 2.36 bits per heavy atom. The van der Waals surface area contributed by atoms with Gasteiger partial charge in [-0.1, -0.05) is 20.8 Å². The SMILES string of the molecule is CC1CCC2OC2(C)C1(C)C. The van der Waals surface area contributed by atoms with E-state index in [-0.39, 0.29) is 5.60 Å². The van der Waals surface area contributed by atoms with Gasteiger partial charge in [-0.05, 0) is 31.1 Å². The molecule has 2 aliphatic rings. The van der Waals surface area contributed by atoms with Crippen LogP contribution in [0.2, 0.25) is 0 Å². The van der Waals surface area contributed by atoms with E-state index in [1.54, 1.807) is 0 Å². The van der Waals surface area contributed by atoms with Gasteiger partial charge >= 0.3 is 0 Å². The molecule has 0 N–H and O–H groups in total. The van der Waals surface area contributed by atoms with Gasteiger partial charge in [0.15, 0.2) is 0 Å². The Hall–Kier alpha value is -0.0400. The van der Waals surface area contributed by atoms with Crippen molar-refractivity contribution in [1.82, 2.24) is 0 Å². The van der Waals surface area contributed by atoms with Gasteiger partial charge in [-0.25, -0.2) is 0 Å². The van der Waals surface area contributed by atoms with Crippen LogP contribution in [0.5, 0.6) is 0 Å². The Labute approximate surface area is 69.1 Å². The summed E-state index contributed by atoms with van der Waals surface area (Å²) in [7, 11) is 0. The van der Waals surface area contributed by atoms with Crippen LogP contribution < -0.4 is 0 Å². The van der Waals surface area contributed by atoms with Crippen LogP contribution in [0.15, 0.2) is 0 Å². The zero-order valence-electron chi connectivity index (χ0n) is 7.98. The molecule has 0 aromatic carbocycles. The van der Waals surface area contributed by atoms with Crippen molar-refractivity contribution in [1.29, 1.82) is 0 Å². The fourth-order valence-corrected chi connectivity index (χ4v) is 2.41. The predicted octanol–water partition coefficient (Wildman–Crippen LogP) is 2.60. The number of ether oxygens (including phenoxy) is 1. The van der Waals surface area contributed by atoms with E-state index in [0.29, 0.717) is 11.5 Å². The van der Waals surface area contributed by atoms with E-state index in [4.69, 9.17) is 4.74 Å². The molecule has 0 aromatic heterocycles. The van der Waals surface area contributed by atoms with Gasteiger partial charge in [0.25, 0.3) is 0 Å². The van der Waals surface area contributed by atoms with Gasteiger partial charge in [-0.2, -0.15) is 0 Å². The zero-order valence-corrected chi connectivity index (χ0v) is 7.98. The molecule has 1 aliphatic carbocycles. The molecule has 0 amide bonds. The number of fused-ring (bicyclic) bond motifs is 1. The maximum atomic E-state index is 5.75. The van der Waals surface area contributed by atoms with Gasteiger partial charge in [0.05, 0.1) is 11.7 Å². The summed E-state index contributed by atoms with van der Waals surface area (Å²) < 4.78 is 5.75. The average Bonchev–Trinajstić information content (AvgIpc) is 2.57. The lowest BCUT2D eigenvalue weighted by molar-refractivity contribution is 0.0846. The van der Waals surface area contributed by atoms with E-state index in [1.165, 1.54) is 12.8 Å². The summed E-state index contributed by atoms with van der Waals surface area (Å²) in [4.78, 5) is 0. The van der Waals surface area contributed by atoms with Gasteiger partial charge in [0.2, 0.25) is 0 Å². The lowest BCUT2D eigenvalue weighted by atomic mass is 9.63. The second-order valence-corrected chi connectivity index (χ2v) is 4.91. The summed E-state index contributed by atoms with van der Waals surface area (Å²) in [5, 5.41) is 0. The molecule has 64 valence electrons. The molecule has 1 heteroatoms. The van der Waals surface area contributed by atoms with Gasteiger partial charge in [0.1, 0.15) is 0 Å². The molecule has 3 unspecified atom stereocenters. The third kappa shape index (κ3) is 0.752. The van der Waals surface area contributed by atoms with E-state index < -0.39 is 0 Å². The van der Waals surface area contributed by atoms with Crippen molar-refractivity contribution in [3.63, 3.8) is 0 Å². The van der Waals surface area contributed by atoms with Crippen LogP contribution in [0.25, 0.3) is 0 Å². The van der Waals surface area contributed by atoms with Crippen molar-refractivity contribution in [3.8, 4) is 0 Å². The lowest BCUT2D eigenvalue weighted by Crippen LogP contribution is -2.41. The van der Waals surface area contributed by atoms with E-state index >= 15 is 0 Å². The van der Waals surface area contributed by atoms with Crippen LogP contribution in [0.1, 0.15) is 40.5 Å². The van der Waals surface area contributed by atoms with Crippen molar-refractivity contribution in [2.75, 3.05) is 0 Å². The Balaban J connectivity index is 2.26. The second kappa shape index (κ2) is 1.82. The van der Waals surface area contributed by atoms with E-state index in [9.17, 15) is 0 Å². The van der Waals surface area contributed by atoms with Gasteiger partial charge in [-0.3, -0.25) is 0 Å². The second-order valence-electron chi connectivity index (χ2n) is 4.91. The minimum Gasteiger partial charge on any atom is -0.366 e. The van der Waals surface area contributed by atoms with Crippen molar-refractivity contribution < 1.29 is 4.74 Å². The molecule has 1 saturated heterocycles. The first-order valence-electron chi connectivity index (χ1n) is 4.66. The average molecular weight is 154 g/mol. The molecule has 0 aromatic rings. The Morgan fingerprint density at radius 2 is 1.82 bits per heavy atom. The Kier molecular flexibility index (Phi) is 1.26. The van der Waals surface area contributed by atoms with E-state index in [0.717, 1.165) is 5.92 Å².